The highest BCUT2D eigenvalue weighted by Crippen LogP contribution is 2.30. The summed E-state index contributed by atoms with van der Waals surface area (Å²) in [6.45, 7) is 0.552. The molecule has 0 saturated heterocycles. The van der Waals surface area contributed by atoms with Crippen molar-refractivity contribution >= 4 is 17.2 Å². The third-order valence-electron chi connectivity index (χ3n) is 3.48. The number of ether oxygens (including phenoxy) is 1. The Morgan fingerprint density at radius 2 is 2.26 bits per heavy atom. The van der Waals surface area contributed by atoms with Gasteiger partial charge in [0.1, 0.15) is 0 Å². The lowest BCUT2D eigenvalue weighted by Gasteiger charge is -2.21. The van der Waals surface area contributed by atoms with Crippen LogP contribution in [0.15, 0.2) is 5.38 Å². The summed E-state index contributed by atoms with van der Waals surface area (Å²) in [5.41, 5.74) is 2.06. The van der Waals surface area contributed by atoms with Gasteiger partial charge in [-0.15, -0.1) is 11.3 Å². The van der Waals surface area contributed by atoms with E-state index in [9.17, 15) is 9.90 Å². The van der Waals surface area contributed by atoms with E-state index in [-0.39, 0.29) is 12.5 Å². The van der Waals surface area contributed by atoms with Gasteiger partial charge in [0, 0.05) is 31.0 Å². The van der Waals surface area contributed by atoms with Gasteiger partial charge in [0.2, 0.25) is 0 Å². The van der Waals surface area contributed by atoms with Crippen LogP contribution in [0.25, 0.3) is 0 Å². The molecule has 1 unspecified atom stereocenters. The Hall–Kier alpha value is -0.910. The molecule has 106 valence electrons. The number of aryl methyl sites for hydroxylation is 1. The zero-order chi connectivity index (χ0) is 13.8. The van der Waals surface area contributed by atoms with Crippen molar-refractivity contribution in [1.29, 1.82) is 0 Å². The van der Waals surface area contributed by atoms with Gasteiger partial charge >= 0.3 is 0 Å². The van der Waals surface area contributed by atoms with E-state index >= 15 is 0 Å². The molecule has 1 aromatic heterocycles. The number of methoxy groups -OCH3 is 1. The van der Waals surface area contributed by atoms with E-state index in [0.717, 1.165) is 18.4 Å². The predicted molar refractivity (Wildman–Crippen MR) is 75.8 cm³/mol. The molecule has 0 aliphatic heterocycles. The Kier molecular flexibility index (Phi) is 4.96. The molecule has 1 aliphatic carbocycles. The predicted octanol–water partition coefficient (Wildman–Crippen LogP) is 1.71. The molecule has 1 atom stereocenters. The molecule has 19 heavy (non-hydrogen) atoms. The zero-order valence-corrected chi connectivity index (χ0v) is 12.3. The smallest absolute Gasteiger partial charge is 0.254 e. The molecular weight excluding hydrogens is 262 g/mol. The van der Waals surface area contributed by atoms with Crippen LogP contribution in [-0.4, -0.2) is 49.3 Å². The van der Waals surface area contributed by atoms with Crippen molar-refractivity contribution in [3.8, 4) is 0 Å². The zero-order valence-electron chi connectivity index (χ0n) is 11.5. The molecule has 2 rings (SSSR count). The first-order valence-corrected chi connectivity index (χ1v) is 7.53. The number of fused-ring (bicyclic) bond motifs is 1. The van der Waals surface area contributed by atoms with E-state index in [0.29, 0.717) is 6.54 Å². The van der Waals surface area contributed by atoms with Crippen LogP contribution in [0.2, 0.25) is 0 Å². The Balaban J connectivity index is 2.05. The number of aliphatic hydroxyl groups is 1. The Labute approximate surface area is 118 Å². The largest absolute Gasteiger partial charge is 0.389 e. The molecule has 0 bridgehead atoms. The quantitative estimate of drug-likeness (QED) is 0.895. The average Bonchev–Trinajstić information content (AvgIpc) is 2.81. The molecule has 1 amide bonds. The Morgan fingerprint density at radius 3 is 3.00 bits per heavy atom. The van der Waals surface area contributed by atoms with Crippen LogP contribution >= 0.6 is 11.3 Å². The monoisotopic (exact) mass is 283 g/mol. The standard InChI is InChI=1S/C14H21NO3S/c1-15(7-10(16)8-18-2)14(17)12-9-19-13-6-4-3-5-11(12)13/h9-10,16H,3-8H2,1-2H3. The number of nitrogens with zero attached hydrogens (tertiary/aromatic N) is 1. The molecule has 1 N–H and O–H groups in total. The summed E-state index contributed by atoms with van der Waals surface area (Å²) in [6.07, 6.45) is 3.87. The van der Waals surface area contributed by atoms with Crippen molar-refractivity contribution < 1.29 is 14.6 Å². The maximum Gasteiger partial charge on any atom is 0.254 e. The van der Waals surface area contributed by atoms with Crippen LogP contribution in [0, 0.1) is 0 Å². The number of hydrogen-bond donors (Lipinski definition) is 1. The molecular formula is C14H21NO3S. The van der Waals surface area contributed by atoms with Crippen molar-refractivity contribution in [2.45, 2.75) is 31.8 Å². The van der Waals surface area contributed by atoms with Gasteiger partial charge in [-0.3, -0.25) is 4.79 Å². The van der Waals surface area contributed by atoms with Gasteiger partial charge in [0.25, 0.3) is 5.91 Å². The number of carbonyl (C=O) groups is 1. The number of hydrogen-bond acceptors (Lipinski definition) is 4. The van der Waals surface area contributed by atoms with Crippen LogP contribution in [0.4, 0.5) is 0 Å². The lowest BCUT2D eigenvalue weighted by atomic mass is 9.95. The maximum absolute atomic E-state index is 12.4. The summed E-state index contributed by atoms with van der Waals surface area (Å²) in [5.74, 6) is 0.00885. The summed E-state index contributed by atoms with van der Waals surface area (Å²) >= 11 is 1.69. The maximum atomic E-state index is 12.4. The third kappa shape index (κ3) is 3.35. The fraction of sp³-hybridized carbons (Fsp3) is 0.643. The van der Waals surface area contributed by atoms with Crippen molar-refractivity contribution in [3.05, 3.63) is 21.4 Å². The van der Waals surface area contributed by atoms with Gasteiger partial charge in [-0.2, -0.15) is 0 Å². The Bertz CT molecular complexity index is 444. The highest BCUT2D eigenvalue weighted by Gasteiger charge is 2.23. The van der Waals surface area contributed by atoms with E-state index < -0.39 is 6.10 Å². The number of likely N-dealkylation sites (N-methyl/N-ethyl adjacent to an activating group) is 1. The average molecular weight is 283 g/mol. The minimum Gasteiger partial charge on any atom is -0.389 e. The fourth-order valence-corrected chi connectivity index (χ4v) is 3.64. The molecule has 4 nitrogen and oxygen atoms in total. The van der Waals surface area contributed by atoms with Crippen LogP contribution in [-0.2, 0) is 17.6 Å². The number of carbonyl (C=O) groups excluding carboxylic acids is 1. The first-order valence-electron chi connectivity index (χ1n) is 6.65. The SMILES string of the molecule is COCC(O)CN(C)C(=O)c1csc2c1CCCC2. The minimum absolute atomic E-state index is 0.00885. The van der Waals surface area contributed by atoms with Crippen molar-refractivity contribution in [3.63, 3.8) is 0 Å². The van der Waals surface area contributed by atoms with Gasteiger partial charge < -0.3 is 14.7 Å². The van der Waals surface area contributed by atoms with Gasteiger partial charge in [-0.25, -0.2) is 0 Å². The van der Waals surface area contributed by atoms with E-state index in [4.69, 9.17) is 4.74 Å². The summed E-state index contributed by atoms with van der Waals surface area (Å²) in [5, 5.41) is 11.7. The topological polar surface area (TPSA) is 49.8 Å². The van der Waals surface area contributed by atoms with Gasteiger partial charge in [0.15, 0.2) is 0 Å². The normalized spacial score (nSPS) is 15.9. The highest BCUT2D eigenvalue weighted by molar-refractivity contribution is 7.10. The second-order valence-corrected chi connectivity index (χ2v) is 6.02. The molecule has 0 saturated carbocycles. The number of aliphatic hydroxyl groups excluding tert-OH is 1. The van der Waals surface area contributed by atoms with Crippen LogP contribution in [0.1, 0.15) is 33.6 Å². The number of thiophene rings is 1. The number of amides is 1. The first-order chi connectivity index (χ1) is 9.13. The molecule has 0 radical (unpaired) electrons. The summed E-state index contributed by atoms with van der Waals surface area (Å²) in [6, 6.07) is 0. The van der Waals surface area contributed by atoms with E-state index in [1.54, 1.807) is 30.4 Å². The summed E-state index contributed by atoms with van der Waals surface area (Å²) in [7, 11) is 3.27. The van der Waals surface area contributed by atoms with Gasteiger partial charge in [-0.05, 0) is 31.2 Å². The number of rotatable bonds is 5. The summed E-state index contributed by atoms with van der Waals surface area (Å²) < 4.78 is 4.88. The molecule has 0 aromatic carbocycles. The molecule has 5 heteroatoms. The molecule has 0 spiro atoms. The second kappa shape index (κ2) is 6.50. The molecule has 0 fully saturated rings. The van der Waals surface area contributed by atoms with Crippen LogP contribution in [0.5, 0.6) is 0 Å². The first kappa shape index (κ1) is 14.5. The lowest BCUT2D eigenvalue weighted by molar-refractivity contribution is 0.0380. The summed E-state index contributed by atoms with van der Waals surface area (Å²) in [4.78, 5) is 15.3. The van der Waals surface area contributed by atoms with Crippen LogP contribution < -0.4 is 0 Å². The molecule has 1 aliphatic rings. The lowest BCUT2D eigenvalue weighted by Crippen LogP contribution is -2.36. The Morgan fingerprint density at radius 1 is 1.53 bits per heavy atom. The van der Waals surface area contributed by atoms with Crippen LogP contribution in [0.3, 0.4) is 0 Å². The van der Waals surface area contributed by atoms with Gasteiger partial charge in [-0.1, -0.05) is 0 Å². The molecule has 1 heterocycles. The minimum atomic E-state index is -0.631. The molecule has 1 aromatic rings. The van der Waals surface area contributed by atoms with E-state index in [1.807, 2.05) is 5.38 Å². The van der Waals surface area contributed by atoms with Crippen molar-refractivity contribution in [2.24, 2.45) is 0 Å². The van der Waals surface area contributed by atoms with E-state index in [2.05, 4.69) is 0 Å². The fourth-order valence-electron chi connectivity index (χ4n) is 2.52. The second-order valence-electron chi connectivity index (χ2n) is 5.05. The van der Waals surface area contributed by atoms with Gasteiger partial charge in [0.05, 0.1) is 18.3 Å². The van der Waals surface area contributed by atoms with E-state index in [1.165, 1.54) is 23.3 Å². The van der Waals surface area contributed by atoms with Crippen molar-refractivity contribution in [1.82, 2.24) is 4.90 Å². The van der Waals surface area contributed by atoms with Crippen molar-refractivity contribution in [2.75, 3.05) is 27.3 Å². The highest BCUT2D eigenvalue weighted by atomic mass is 32.1. The third-order valence-corrected chi connectivity index (χ3v) is 4.57.